The summed E-state index contributed by atoms with van der Waals surface area (Å²) in [7, 11) is -1.86. The predicted octanol–water partition coefficient (Wildman–Crippen LogP) is 5.21. The molecule has 0 spiro atoms. The topological polar surface area (TPSA) is 106 Å². The Hall–Kier alpha value is -3.41. The van der Waals surface area contributed by atoms with Crippen molar-refractivity contribution in [3.8, 4) is 5.75 Å². The number of hydrogen-bond donors (Lipinski definition) is 2. The van der Waals surface area contributed by atoms with Gasteiger partial charge in [-0.25, -0.2) is 13.4 Å². The minimum Gasteiger partial charge on any atom is -0.494 e. The van der Waals surface area contributed by atoms with E-state index >= 15 is 0 Å². The standard InChI is InChI=1S/C26H29N5O4S2/c1-17(2)37(32,33)23-7-5-4-6-20(23)27-25-24-21(10-15-36-24)29-26(30-25)28-19-9-8-18(16-22(19)34-3)31-11-13-35-14-12-31/h4-10,15-17H,11-14H2,1-3H3,(H2,27,28,29,30). The molecular weight excluding hydrogens is 510 g/mol. The van der Waals surface area contributed by atoms with Crippen LogP contribution >= 0.6 is 11.3 Å². The number of fused-ring (bicyclic) bond motifs is 1. The number of hydrogen-bond acceptors (Lipinski definition) is 10. The summed E-state index contributed by atoms with van der Waals surface area (Å²) in [5.74, 6) is 1.56. The van der Waals surface area contributed by atoms with Crippen LogP contribution in [0.4, 0.5) is 28.8 Å². The van der Waals surface area contributed by atoms with Crippen molar-refractivity contribution in [2.24, 2.45) is 0 Å². The van der Waals surface area contributed by atoms with E-state index in [-0.39, 0.29) is 4.90 Å². The van der Waals surface area contributed by atoms with Crippen LogP contribution < -0.4 is 20.3 Å². The molecule has 5 rings (SSSR count). The molecule has 2 aromatic carbocycles. The molecule has 0 atom stereocenters. The molecule has 1 saturated heterocycles. The van der Waals surface area contributed by atoms with Crippen LogP contribution in [0.5, 0.6) is 5.75 Å². The van der Waals surface area contributed by atoms with Gasteiger partial charge in [0.15, 0.2) is 15.7 Å². The molecule has 2 N–H and O–H groups in total. The highest BCUT2D eigenvalue weighted by Gasteiger charge is 2.23. The maximum Gasteiger partial charge on any atom is 0.229 e. The molecule has 11 heteroatoms. The number of ether oxygens (including phenoxy) is 2. The number of thiophene rings is 1. The van der Waals surface area contributed by atoms with Crippen molar-refractivity contribution in [1.29, 1.82) is 0 Å². The van der Waals surface area contributed by atoms with E-state index in [1.54, 1.807) is 45.2 Å². The number of nitrogens with one attached hydrogen (secondary N) is 2. The zero-order valence-corrected chi connectivity index (χ0v) is 22.5. The van der Waals surface area contributed by atoms with Crippen molar-refractivity contribution >= 4 is 60.2 Å². The summed E-state index contributed by atoms with van der Waals surface area (Å²) >= 11 is 1.49. The van der Waals surface area contributed by atoms with Gasteiger partial charge in [0.1, 0.15) is 5.75 Å². The number of anilines is 5. The van der Waals surface area contributed by atoms with Crippen LogP contribution in [0.2, 0.25) is 0 Å². The summed E-state index contributed by atoms with van der Waals surface area (Å²) in [6, 6.07) is 14.8. The Balaban J connectivity index is 1.48. The number of aromatic nitrogens is 2. The molecule has 2 aromatic heterocycles. The average Bonchev–Trinajstić information content (AvgIpc) is 3.39. The Morgan fingerprint density at radius 1 is 1.03 bits per heavy atom. The smallest absolute Gasteiger partial charge is 0.229 e. The third kappa shape index (κ3) is 5.20. The number of methoxy groups -OCH3 is 1. The fourth-order valence-electron chi connectivity index (χ4n) is 4.13. The molecule has 37 heavy (non-hydrogen) atoms. The van der Waals surface area contributed by atoms with Gasteiger partial charge in [0.25, 0.3) is 0 Å². The SMILES string of the molecule is COc1cc(N2CCOCC2)ccc1Nc1nc(Nc2ccccc2S(=O)(=O)C(C)C)c2sccc2n1. The molecule has 0 bridgehead atoms. The number of morpholine rings is 1. The van der Waals surface area contributed by atoms with E-state index in [1.807, 2.05) is 29.6 Å². The van der Waals surface area contributed by atoms with E-state index in [4.69, 9.17) is 14.5 Å². The second-order valence-electron chi connectivity index (χ2n) is 8.85. The first-order valence-electron chi connectivity index (χ1n) is 12.0. The molecule has 194 valence electrons. The lowest BCUT2D eigenvalue weighted by Crippen LogP contribution is -2.36. The molecule has 9 nitrogen and oxygen atoms in total. The monoisotopic (exact) mass is 539 g/mol. The van der Waals surface area contributed by atoms with Gasteiger partial charge in [0.2, 0.25) is 5.95 Å². The number of para-hydroxylation sites is 1. The van der Waals surface area contributed by atoms with Gasteiger partial charge in [0, 0.05) is 24.8 Å². The van der Waals surface area contributed by atoms with E-state index in [9.17, 15) is 8.42 Å². The van der Waals surface area contributed by atoms with E-state index in [0.717, 1.165) is 34.7 Å². The molecule has 0 radical (unpaired) electrons. The first-order valence-corrected chi connectivity index (χ1v) is 14.4. The molecule has 0 saturated carbocycles. The zero-order valence-electron chi connectivity index (χ0n) is 20.9. The lowest BCUT2D eigenvalue weighted by Gasteiger charge is -2.29. The van der Waals surface area contributed by atoms with Crippen molar-refractivity contribution in [1.82, 2.24) is 9.97 Å². The normalized spacial score (nSPS) is 14.2. The van der Waals surface area contributed by atoms with Crippen LogP contribution in [0.15, 0.2) is 58.8 Å². The Bertz CT molecular complexity index is 1510. The predicted molar refractivity (Wildman–Crippen MR) is 149 cm³/mol. The molecule has 1 fully saturated rings. The van der Waals surface area contributed by atoms with E-state index < -0.39 is 15.1 Å². The summed E-state index contributed by atoms with van der Waals surface area (Å²) in [5.41, 5.74) is 3.01. The van der Waals surface area contributed by atoms with Crippen LogP contribution in [0, 0.1) is 0 Å². The quantitative estimate of drug-likeness (QED) is 0.312. The minimum atomic E-state index is -3.50. The van der Waals surface area contributed by atoms with Crippen molar-refractivity contribution in [2.75, 3.05) is 48.9 Å². The molecule has 4 aromatic rings. The molecule has 0 amide bonds. The zero-order chi connectivity index (χ0) is 26.0. The highest BCUT2D eigenvalue weighted by molar-refractivity contribution is 7.92. The van der Waals surface area contributed by atoms with Gasteiger partial charge in [-0.3, -0.25) is 0 Å². The summed E-state index contributed by atoms with van der Waals surface area (Å²) < 4.78 is 37.9. The van der Waals surface area contributed by atoms with Gasteiger partial charge in [-0.05, 0) is 49.6 Å². The van der Waals surface area contributed by atoms with Crippen molar-refractivity contribution in [2.45, 2.75) is 24.0 Å². The number of benzene rings is 2. The summed E-state index contributed by atoms with van der Waals surface area (Å²) in [6.07, 6.45) is 0. The van der Waals surface area contributed by atoms with Crippen LogP contribution in [0.1, 0.15) is 13.8 Å². The van der Waals surface area contributed by atoms with Gasteiger partial charge < -0.3 is 25.0 Å². The average molecular weight is 540 g/mol. The fraction of sp³-hybridized carbons (Fsp3) is 0.308. The first-order chi connectivity index (χ1) is 17.9. The number of sulfone groups is 1. The van der Waals surface area contributed by atoms with Crippen LogP contribution in [-0.2, 0) is 14.6 Å². The number of rotatable bonds is 8. The fourth-order valence-corrected chi connectivity index (χ4v) is 6.10. The van der Waals surface area contributed by atoms with Gasteiger partial charge in [0.05, 0.1) is 52.1 Å². The minimum absolute atomic E-state index is 0.239. The van der Waals surface area contributed by atoms with Crippen molar-refractivity contribution in [3.05, 3.63) is 53.9 Å². The van der Waals surface area contributed by atoms with Gasteiger partial charge in [-0.1, -0.05) is 12.1 Å². The molecule has 1 aliphatic rings. The molecule has 3 heterocycles. The van der Waals surface area contributed by atoms with Gasteiger partial charge in [-0.15, -0.1) is 11.3 Å². The molecular formula is C26H29N5O4S2. The number of nitrogens with zero attached hydrogens (tertiary/aromatic N) is 3. The highest BCUT2D eigenvalue weighted by atomic mass is 32.2. The molecule has 0 unspecified atom stereocenters. The lowest BCUT2D eigenvalue weighted by molar-refractivity contribution is 0.122. The summed E-state index contributed by atoms with van der Waals surface area (Å²) in [6.45, 7) is 6.41. The summed E-state index contributed by atoms with van der Waals surface area (Å²) in [5, 5.41) is 7.93. The molecule has 1 aliphatic heterocycles. The van der Waals surface area contributed by atoms with E-state index in [0.29, 0.717) is 36.4 Å². The lowest BCUT2D eigenvalue weighted by atomic mass is 10.2. The largest absolute Gasteiger partial charge is 0.494 e. The maximum absolute atomic E-state index is 13.0. The van der Waals surface area contributed by atoms with Gasteiger partial charge in [-0.2, -0.15) is 4.98 Å². The third-order valence-corrected chi connectivity index (χ3v) is 9.30. The van der Waals surface area contributed by atoms with Crippen LogP contribution in [-0.4, -0.2) is 57.0 Å². The third-order valence-electron chi connectivity index (χ3n) is 6.18. The second kappa shape index (κ2) is 10.5. The van der Waals surface area contributed by atoms with Gasteiger partial charge >= 0.3 is 0 Å². The Morgan fingerprint density at radius 2 is 1.81 bits per heavy atom. The van der Waals surface area contributed by atoms with Crippen LogP contribution in [0.3, 0.4) is 0 Å². The molecule has 0 aliphatic carbocycles. The Labute approximate surface area is 220 Å². The second-order valence-corrected chi connectivity index (χ2v) is 12.2. The summed E-state index contributed by atoms with van der Waals surface area (Å²) in [4.78, 5) is 11.9. The van der Waals surface area contributed by atoms with E-state index in [2.05, 4.69) is 20.5 Å². The van der Waals surface area contributed by atoms with Crippen molar-refractivity contribution < 1.29 is 17.9 Å². The maximum atomic E-state index is 13.0. The van der Waals surface area contributed by atoms with Crippen LogP contribution in [0.25, 0.3) is 10.2 Å². The highest BCUT2D eigenvalue weighted by Crippen LogP contribution is 2.35. The van der Waals surface area contributed by atoms with Crippen molar-refractivity contribution in [3.63, 3.8) is 0 Å². The Morgan fingerprint density at radius 3 is 2.57 bits per heavy atom. The first kappa shape index (κ1) is 25.2. The Kier molecular flexibility index (Phi) is 7.18. The van der Waals surface area contributed by atoms with E-state index in [1.165, 1.54) is 11.3 Å².